The van der Waals surface area contributed by atoms with Crippen molar-refractivity contribution in [2.45, 2.75) is 6.92 Å². The van der Waals surface area contributed by atoms with Crippen LogP contribution in [0.15, 0.2) is 36.7 Å². The lowest BCUT2D eigenvalue weighted by Crippen LogP contribution is -2.11. The number of ketones is 1. The van der Waals surface area contributed by atoms with Crippen molar-refractivity contribution in [1.29, 1.82) is 0 Å². The third-order valence-electron chi connectivity index (χ3n) is 2.16. The summed E-state index contributed by atoms with van der Waals surface area (Å²) in [5.41, 5.74) is 1.74. The number of rotatable bonds is 4. The van der Waals surface area contributed by atoms with Gasteiger partial charge in [-0.25, -0.2) is 0 Å². The van der Waals surface area contributed by atoms with Crippen molar-refractivity contribution >= 4 is 11.6 Å². The minimum atomic E-state index is 0.0602. The average Bonchev–Trinajstić information content (AvgIpc) is 2.38. The maximum Gasteiger partial charge on any atom is 0.149 e. The van der Waals surface area contributed by atoms with Crippen molar-refractivity contribution in [3.63, 3.8) is 0 Å². The Kier molecular flexibility index (Phi) is 3.40. The Morgan fingerprint density at radius 1 is 1.18 bits per heavy atom. The second kappa shape index (κ2) is 5.16. The molecule has 0 atom stereocenters. The van der Waals surface area contributed by atoms with Gasteiger partial charge in [0.1, 0.15) is 11.6 Å². The summed E-state index contributed by atoms with van der Waals surface area (Å²) < 4.78 is 0. The highest BCUT2D eigenvalue weighted by Crippen LogP contribution is 2.15. The zero-order chi connectivity index (χ0) is 12.1. The van der Waals surface area contributed by atoms with Gasteiger partial charge in [0.25, 0.3) is 0 Å². The molecule has 2 rings (SSSR count). The second-order valence-electron chi connectivity index (χ2n) is 3.60. The lowest BCUT2D eigenvalue weighted by molar-refractivity contribution is -0.115. The Bertz CT molecular complexity index is 496. The predicted molar refractivity (Wildman–Crippen MR) is 64.4 cm³/mol. The van der Waals surface area contributed by atoms with Crippen molar-refractivity contribution < 1.29 is 4.79 Å². The number of anilines is 1. The number of carbonyl (C=O) groups is 1. The molecule has 5 heteroatoms. The van der Waals surface area contributed by atoms with Crippen molar-refractivity contribution in [3.8, 4) is 11.3 Å². The number of pyridine rings is 1. The van der Waals surface area contributed by atoms with Crippen molar-refractivity contribution in [2.75, 3.05) is 11.9 Å². The van der Waals surface area contributed by atoms with Crippen LogP contribution in [0.5, 0.6) is 0 Å². The molecule has 5 nitrogen and oxygen atoms in total. The fourth-order valence-corrected chi connectivity index (χ4v) is 1.32. The Balaban J connectivity index is 2.11. The van der Waals surface area contributed by atoms with Crippen LogP contribution in [0.4, 0.5) is 5.82 Å². The van der Waals surface area contributed by atoms with Crippen LogP contribution < -0.4 is 5.32 Å². The normalized spacial score (nSPS) is 9.94. The van der Waals surface area contributed by atoms with E-state index in [0.717, 1.165) is 11.3 Å². The summed E-state index contributed by atoms with van der Waals surface area (Å²) in [6, 6.07) is 7.38. The largest absolute Gasteiger partial charge is 0.362 e. The molecule has 0 bridgehead atoms. The Morgan fingerprint density at radius 2 is 1.94 bits per heavy atom. The van der Waals surface area contributed by atoms with Crippen LogP contribution in [-0.4, -0.2) is 27.5 Å². The van der Waals surface area contributed by atoms with Gasteiger partial charge in [0.05, 0.1) is 12.2 Å². The van der Waals surface area contributed by atoms with Crippen molar-refractivity contribution in [3.05, 3.63) is 36.7 Å². The number of nitrogens with one attached hydrogen (secondary N) is 1. The van der Waals surface area contributed by atoms with Crippen LogP contribution >= 0.6 is 0 Å². The van der Waals surface area contributed by atoms with Crippen LogP contribution in [0.25, 0.3) is 11.3 Å². The molecule has 2 aromatic rings. The van der Waals surface area contributed by atoms with Crippen molar-refractivity contribution in [2.24, 2.45) is 0 Å². The first-order valence-electron chi connectivity index (χ1n) is 5.23. The van der Waals surface area contributed by atoms with E-state index >= 15 is 0 Å². The maximum absolute atomic E-state index is 10.8. The molecule has 0 aliphatic heterocycles. The van der Waals surface area contributed by atoms with Crippen LogP contribution in [0, 0.1) is 0 Å². The van der Waals surface area contributed by atoms with E-state index in [9.17, 15) is 4.79 Å². The van der Waals surface area contributed by atoms with Gasteiger partial charge in [-0.05, 0) is 31.2 Å². The van der Waals surface area contributed by atoms with Crippen LogP contribution in [-0.2, 0) is 4.79 Å². The van der Waals surface area contributed by atoms with Crippen molar-refractivity contribution in [1.82, 2.24) is 15.2 Å². The fourth-order valence-electron chi connectivity index (χ4n) is 1.32. The third kappa shape index (κ3) is 3.07. The quantitative estimate of drug-likeness (QED) is 0.859. The first-order chi connectivity index (χ1) is 8.25. The van der Waals surface area contributed by atoms with Gasteiger partial charge >= 0.3 is 0 Å². The zero-order valence-corrected chi connectivity index (χ0v) is 9.42. The summed E-state index contributed by atoms with van der Waals surface area (Å²) in [4.78, 5) is 14.7. The van der Waals surface area contributed by atoms with Crippen LogP contribution in [0.3, 0.4) is 0 Å². The first kappa shape index (κ1) is 11.2. The maximum atomic E-state index is 10.8. The van der Waals surface area contributed by atoms with E-state index in [2.05, 4.69) is 20.5 Å². The standard InChI is InChI=1S/C12H12N4O/c1-9(17)8-14-12-3-2-11(15-16-12)10-4-6-13-7-5-10/h2-7H,8H2,1H3,(H,14,16). The van der Waals surface area contributed by atoms with Gasteiger partial charge in [0.2, 0.25) is 0 Å². The second-order valence-corrected chi connectivity index (χ2v) is 3.60. The molecule has 1 N–H and O–H groups in total. The summed E-state index contributed by atoms with van der Waals surface area (Å²) in [6.07, 6.45) is 3.41. The average molecular weight is 228 g/mol. The molecule has 86 valence electrons. The highest BCUT2D eigenvalue weighted by molar-refractivity contribution is 5.80. The SMILES string of the molecule is CC(=O)CNc1ccc(-c2ccncc2)nn1. The van der Waals surface area contributed by atoms with E-state index in [0.29, 0.717) is 5.82 Å². The molecule has 2 heterocycles. The first-order valence-corrected chi connectivity index (χ1v) is 5.23. The van der Waals surface area contributed by atoms with E-state index in [1.165, 1.54) is 6.92 Å². The van der Waals surface area contributed by atoms with Gasteiger partial charge in [0.15, 0.2) is 0 Å². The fraction of sp³-hybridized carbons (Fsp3) is 0.167. The molecule has 17 heavy (non-hydrogen) atoms. The lowest BCUT2D eigenvalue weighted by atomic mass is 10.2. The monoisotopic (exact) mass is 228 g/mol. The minimum absolute atomic E-state index is 0.0602. The van der Waals surface area contributed by atoms with E-state index in [-0.39, 0.29) is 12.3 Å². The Morgan fingerprint density at radius 3 is 2.53 bits per heavy atom. The minimum Gasteiger partial charge on any atom is -0.362 e. The molecule has 2 aromatic heterocycles. The van der Waals surface area contributed by atoms with Gasteiger partial charge in [0, 0.05) is 18.0 Å². The molecular formula is C12H12N4O. The smallest absolute Gasteiger partial charge is 0.149 e. The molecule has 0 fully saturated rings. The third-order valence-corrected chi connectivity index (χ3v) is 2.16. The summed E-state index contributed by atoms with van der Waals surface area (Å²) in [5, 5.41) is 11.0. The highest BCUT2D eigenvalue weighted by Gasteiger charge is 2.00. The van der Waals surface area contributed by atoms with E-state index in [1.54, 1.807) is 18.5 Å². The number of hydrogen-bond donors (Lipinski definition) is 1. The molecule has 0 aliphatic carbocycles. The predicted octanol–water partition coefficient (Wildman–Crippen LogP) is 1.54. The summed E-state index contributed by atoms with van der Waals surface area (Å²) in [5.74, 6) is 0.656. The number of carbonyl (C=O) groups excluding carboxylic acids is 1. The summed E-state index contributed by atoms with van der Waals surface area (Å²) >= 11 is 0. The molecule has 0 saturated carbocycles. The number of hydrogen-bond acceptors (Lipinski definition) is 5. The van der Waals surface area contributed by atoms with Gasteiger partial charge in [-0.2, -0.15) is 0 Å². The van der Waals surface area contributed by atoms with Gasteiger partial charge < -0.3 is 5.32 Å². The van der Waals surface area contributed by atoms with Gasteiger partial charge in [-0.1, -0.05) is 0 Å². The van der Waals surface area contributed by atoms with E-state index in [4.69, 9.17) is 0 Å². The number of nitrogens with zero attached hydrogens (tertiary/aromatic N) is 3. The number of aromatic nitrogens is 3. The van der Waals surface area contributed by atoms with Gasteiger partial charge in [-0.3, -0.25) is 9.78 Å². The van der Waals surface area contributed by atoms with E-state index in [1.807, 2.05) is 18.2 Å². The Labute approximate surface area is 98.9 Å². The molecule has 0 radical (unpaired) electrons. The molecular weight excluding hydrogens is 216 g/mol. The van der Waals surface area contributed by atoms with E-state index < -0.39 is 0 Å². The lowest BCUT2D eigenvalue weighted by Gasteiger charge is -2.03. The molecule has 0 aliphatic rings. The topological polar surface area (TPSA) is 67.8 Å². The van der Waals surface area contributed by atoms with Gasteiger partial charge in [-0.15, -0.1) is 10.2 Å². The number of Topliss-reactive ketones (excluding diaryl/α,β-unsaturated/α-hetero) is 1. The summed E-state index contributed by atoms with van der Waals surface area (Å²) in [6.45, 7) is 1.79. The van der Waals surface area contributed by atoms with Crippen LogP contribution in [0.2, 0.25) is 0 Å². The molecule has 0 saturated heterocycles. The van der Waals surface area contributed by atoms with Crippen LogP contribution in [0.1, 0.15) is 6.92 Å². The molecule has 0 unspecified atom stereocenters. The highest BCUT2D eigenvalue weighted by atomic mass is 16.1. The molecule has 0 aromatic carbocycles. The molecule has 0 spiro atoms. The molecule has 0 amide bonds. The zero-order valence-electron chi connectivity index (χ0n) is 9.42. The summed E-state index contributed by atoms with van der Waals surface area (Å²) in [7, 11) is 0. The Hall–Kier alpha value is -2.30.